The molecule has 0 amide bonds. The van der Waals surface area contributed by atoms with Gasteiger partial charge in [0.2, 0.25) is 0 Å². The normalized spacial score (nSPS) is 17.8. The predicted molar refractivity (Wildman–Crippen MR) is 99.3 cm³/mol. The second-order valence-electron chi connectivity index (χ2n) is 6.17. The first kappa shape index (κ1) is 16.0. The zero-order chi connectivity index (χ0) is 16.2. The highest BCUT2D eigenvalue weighted by Crippen LogP contribution is 2.28. The number of H-pyrrole nitrogens is 1. The molecule has 1 atom stereocenters. The summed E-state index contributed by atoms with van der Waals surface area (Å²) in [6.45, 7) is 3.88. The van der Waals surface area contributed by atoms with Crippen molar-refractivity contribution in [3.63, 3.8) is 0 Å². The molecule has 0 aliphatic carbocycles. The number of aromatic amines is 1. The van der Waals surface area contributed by atoms with Crippen molar-refractivity contribution in [1.82, 2.24) is 15.1 Å². The standard InChI is InChI=1S/C18H21N3OS2/c1-2-15(22-8-1)11-21(10-14-6-9-23-13-14)12-16-3-4-18(24-16)17-5-7-19-20-17/h3-7,9,13,15H,1-2,8,10-12H2,(H,19,20)/t15-/m1/s1. The van der Waals surface area contributed by atoms with Crippen molar-refractivity contribution < 1.29 is 4.74 Å². The topological polar surface area (TPSA) is 41.1 Å². The molecule has 3 aromatic heterocycles. The van der Waals surface area contributed by atoms with Crippen LogP contribution in [0.1, 0.15) is 23.3 Å². The Morgan fingerprint density at radius 2 is 2.25 bits per heavy atom. The predicted octanol–water partition coefficient (Wildman–Crippen LogP) is 4.38. The minimum absolute atomic E-state index is 0.385. The molecule has 0 spiro atoms. The number of nitrogens with one attached hydrogen (secondary N) is 1. The fourth-order valence-corrected chi connectivity index (χ4v) is 4.81. The van der Waals surface area contributed by atoms with Gasteiger partial charge in [-0.2, -0.15) is 16.4 Å². The lowest BCUT2D eigenvalue weighted by molar-refractivity contribution is 0.0683. The Morgan fingerprint density at radius 1 is 1.25 bits per heavy atom. The lowest BCUT2D eigenvalue weighted by Gasteiger charge is -2.24. The maximum absolute atomic E-state index is 5.86. The van der Waals surface area contributed by atoms with E-state index in [2.05, 4.69) is 44.1 Å². The molecule has 0 bridgehead atoms. The second-order valence-corrected chi connectivity index (χ2v) is 8.12. The summed E-state index contributed by atoms with van der Waals surface area (Å²) in [6, 6.07) is 8.65. The largest absolute Gasteiger partial charge is 0.377 e. The SMILES string of the molecule is c1cc(-c2ccc(CN(Cc3ccsc3)C[C@H]3CCCO3)s2)[nH]n1. The summed E-state index contributed by atoms with van der Waals surface area (Å²) in [5.41, 5.74) is 2.48. The Balaban J connectivity index is 1.46. The fourth-order valence-electron chi connectivity index (χ4n) is 3.12. The number of thiophene rings is 2. The van der Waals surface area contributed by atoms with Crippen LogP contribution in [0.5, 0.6) is 0 Å². The average molecular weight is 360 g/mol. The molecular weight excluding hydrogens is 338 g/mol. The van der Waals surface area contributed by atoms with Gasteiger partial charge in [-0.05, 0) is 53.4 Å². The van der Waals surface area contributed by atoms with E-state index in [4.69, 9.17) is 4.74 Å². The van der Waals surface area contributed by atoms with Crippen LogP contribution in [0.15, 0.2) is 41.2 Å². The molecule has 0 radical (unpaired) electrons. The highest BCUT2D eigenvalue weighted by molar-refractivity contribution is 7.15. The zero-order valence-electron chi connectivity index (χ0n) is 13.5. The molecular formula is C18H21N3OS2. The summed E-state index contributed by atoms with van der Waals surface area (Å²) in [7, 11) is 0. The van der Waals surface area contributed by atoms with Crippen LogP contribution in [0.3, 0.4) is 0 Å². The highest BCUT2D eigenvalue weighted by Gasteiger charge is 2.20. The van der Waals surface area contributed by atoms with Crippen LogP contribution in [0.2, 0.25) is 0 Å². The van der Waals surface area contributed by atoms with Crippen LogP contribution in [-0.2, 0) is 17.8 Å². The molecule has 1 N–H and O–H groups in total. The van der Waals surface area contributed by atoms with E-state index < -0.39 is 0 Å². The average Bonchev–Trinajstić information content (AvgIpc) is 3.37. The van der Waals surface area contributed by atoms with Gasteiger partial charge in [-0.25, -0.2) is 0 Å². The van der Waals surface area contributed by atoms with Crippen molar-refractivity contribution in [2.75, 3.05) is 13.2 Å². The van der Waals surface area contributed by atoms with E-state index in [0.717, 1.165) is 31.9 Å². The molecule has 0 saturated carbocycles. The van der Waals surface area contributed by atoms with Crippen LogP contribution < -0.4 is 0 Å². The first-order chi connectivity index (χ1) is 11.9. The molecule has 1 aliphatic rings. The summed E-state index contributed by atoms with van der Waals surface area (Å²) < 4.78 is 5.86. The van der Waals surface area contributed by atoms with Gasteiger partial charge in [-0.3, -0.25) is 10.00 Å². The van der Waals surface area contributed by atoms with Gasteiger partial charge in [0.25, 0.3) is 0 Å². The van der Waals surface area contributed by atoms with Crippen molar-refractivity contribution in [2.45, 2.75) is 32.0 Å². The van der Waals surface area contributed by atoms with Gasteiger partial charge in [0.15, 0.2) is 0 Å². The Labute approximate surface area is 150 Å². The van der Waals surface area contributed by atoms with Gasteiger partial charge < -0.3 is 4.74 Å². The van der Waals surface area contributed by atoms with Gasteiger partial charge in [-0.1, -0.05) is 0 Å². The minimum atomic E-state index is 0.385. The summed E-state index contributed by atoms with van der Waals surface area (Å²) in [5, 5.41) is 11.5. The van der Waals surface area contributed by atoms with Crippen LogP contribution in [0.25, 0.3) is 10.6 Å². The van der Waals surface area contributed by atoms with E-state index in [0.29, 0.717) is 6.10 Å². The molecule has 126 valence electrons. The molecule has 4 heterocycles. The van der Waals surface area contributed by atoms with Crippen molar-refractivity contribution in [1.29, 1.82) is 0 Å². The second kappa shape index (κ2) is 7.61. The number of nitrogens with zero attached hydrogens (tertiary/aromatic N) is 2. The molecule has 1 aliphatic heterocycles. The third-order valence-electron chi connectivity index (χ3n) is 4.28. The minimum Gasteiger partial charge on any atom is -0.377 e. The summed E-state index contributed by atoms with van der Waals surface area (Å²) in [5.74, 6) is 0. The number of aromatic nitrogens is 2. The molecule has 6 heteroatoms. The number of hydrogen-bond acceptors (Lipinski definition) is 5. The van der Waals surface area contributed by atoms with Crippen molar-refractivity contribution >= 4 is 22.7 Å². The highest BCUT2D eigenvalue weighted by atomic mass is 32.1. The van der Waals surface area contributed by atoms with Crippen LogP contribution >= 0.6 is 22.7 Å². The number of rotatable bonds is 7. The monoisotopic (exact) mass is 359 g/mol. The van der Waals surface area contributed by atoms with E-state index >= 15 is 0 Å². The lowest BCUT2D eigenvalue weighted by atomic mass is 10.2. The maximum atomic E-state index is 5.86. The number of ether oxygens (including phenoxy) is 1. The first-order valence-electron chi connectivity index (χ1n) is 8.30. The van der Waals surface area contributed by atoms with Crippen LogP contribution in [0, 0.1) is 0 Å². The molecule has 4 rings (SSSR count). The maximum Gasteiger partial charge on any atom is 0.0749 e. The lowest BCUT2D eigenvalue weighted by Crippen LogP contribution is -2.31. The van der Waals surface area contributed by atoms with Crippen molar-refractivity contribution in [2.24, 2.45) is 0 Å². The summed E-state index contributed by atoms with van der Waals surface area (Å²) in [6.07, 6.45) is 4.56. The first-order valence-corrected chi connectivity index (χ1v) is 10.1. The Morgan fingerprint density at radius 3 is 3.00 bits per heavy atom. The van der Waals surface area contributed by atoms with Crippen LogP contribution in [0.4, 0.5) is 0 Å². The zero-order valence-corrected chi connectivity index (χ0v) is 15.1. The van der Waals surface area contributed by atoms with E-state index in [1.54, 1.807) is 17.5 Å². The van der Waals surface area contributed by atoms with Gasteiger partial charge in [0, 0.05) is 37.3 Å². The van der Waals surface area contributed by atoms with Gasteiger partial charge in [0.1, 0.15) is 0 Å². The number of hydrogen-bond donors (Lipinski definition) is 1. The molecule has 24 heavy (non-hydrogen) atoms. The smallest absolute Gasteiger partial charge is 0.0749 e. The van der Waals surface area contributed by atoms with E-state index in [1.165, 1.54) is 28.2 Å². The van der Waals surface area contributed by atoms with Gasteiger partial charge in [0.05, 0.1) is 16.7 Å². The molecule has 4 nitrogen and oxygen atoms in total. The molecule has 1 saturated heterocycles. The third-order valence-corrected chi connectivity index (χ3v) is 6.11. The summed E-state index contributed by atoms with van der Waals surface area (Å²) in [4.78, 5) is 5.14. The van der Waals surface area contributed by atoms with Gasteiger partial charge >= 0.3 is 0 Å². The Bertz CT molecular complexity index is 730. The fraction of sp³-hybridized carbons (Fsp3) is 0.389. The van der Waals surface area contributed by atoms with Gasteiger partial charge in [-0.15, -0.1) is 11.3 Å². The van der Waals surface area contributed by atoms with E-state index in [9.17, 15) is 0 Å². The Kier molecular flexibility index (Phi) is 5.08. The summed E-state index contributed by atoms with van der Waals surface area (Å²) >= 11 is 3.60. The van der Waals surface area contributed by atoms with Crippen molar-refractivity contribution in [3.05, 3.63) is 51.7 Å². The van der Waals surface area contributed by atoms with E-state index in [1.807, 2.05) is 17.4 Å². The molecule has 1 fully saturated rings. The van der Waals surface area contributed by atoms with Crippen molar-refractivity contribution in [3.8, 4) is 10.6 Å². The van der Waals surface area contributed by atoms with E-state index in [-0.39, 0.29) is 0 Å². The van der Waals surface area contributed by atoms with Crippen LogP contribution in [-0.4, -0.2) is 34.4 Å². The molecule has 0 unspecified atom stereocenters. The molecule has 0 aromatic carbocycles. The molecule has 3 aromatic rings. The quantitative estimate of drug-likeness (QED) is 0.680. The third kappa shape index (κ3) is 3.95. The Hall–Kier alpha value is -1.47.